The number of fused-ring (bicyclic) bond motifs is 1. The molecule has 0 saturated heterocycles. The highest BCUT2D eigenvalue weighted by atomic mass is 19.4. The Bertz CT molecular complexity index is 628. The highest BCUT2D eigenvalue weighted by molar-refractivity contribution is 5.76. The van der Waals surface area contributed by atoms with Crippen molar-refractivity contribution in [2.45, 2.75) is 38.5 Å². The van der Waals surface area contributed by atoms with E-state index in [0.29, 0.717) is 17.5 Å². The predicted octanol–water partition coefficient (Wildman–Crippen LogP) is 3.32. The van der Waals surface area contributed by atoms with Crippen molar-refractivity contribution < 1.29 is 17.6 Å². The van der Waals surface area contributed by atoms with E-state index < -0.39 is 17.5 Å². The molecular weight excluding hydrogens is 274 g/mol. The van der Waals surface area contributed by atoms with E-state index in [4.69, 9.17) is 5.73 Å². The van der Waals surface area contributed by atoms with Crippen molar-refractivity contribution >= 4 is 11.0 Å². The molecule has 110 valence electrons. The molecule has 2 rings (SSSR count). The van der Waals surface area contributed by atoms with Gasteiger partial charge in [0.25, 0.3) is 0 Å². The number of hydrogen-bond acceptors (Lipinski definition) is 2. The van der Waals surface area contributed by atoms with Crippen molar-refractivity contribution in [3.8, 4) is 0 Å². The van der Waals surface area contributed by atoms with Crippen LogP contribution in [0.3, 0.4) is 0 Å². The zero-order valence-corrected chi connectivity index (χ0v) is 11.1. The smallest absolute Gasteiger partial charge is 0.326 e. The van der Waals surface area contributed by atoms with Crippen LogP contribution in [-0.2, 0) is 12.1 Å². The molecule has 0 aliphatic heterocycles. The average Bonchev–Trinajstić information content (AvgIpc) is 2.67. The molecule has 0 fully saturated rings. The van der Waals surface area contributed by atoms with Gasteiger partial charge < -0.3 is 10.3 Å². The van der Waals surface area contributed by atoms with Crippen LogP contribution in [0.1, 0.15) is 26.1 Å². The fraction of sp³-hybridized carbons (Fsp3) is 0.462. The number of rotatable bonds is 3. The van der Waals surface area contributed by atoms with Gasteiger partial charge in [-0.2, -0.15) is 13.2 Å². The summed E-state index contributed by atoms with van der Waals surface area (Å²) in [5.41, 5.74) is 3.48. The van der Waals surface area contributed by atoms with Gasteiger partial charge in [-0.3, -0.25) is 0 Å². The van der Waals surface area contributed by atoms with E-state index in [1.807, 2.05) is 6.92 Å². The number of aromatic nitrogens is 2. The van der Waals surface area contributed by atoms with E-state index in [2.05, 4.69) is 4.98 Å². The third kappa shape index (κ3) is 2.26. The second-order valence-electron chi connectivity index (χ2n) is 4.92. The molecule has 7 heteroatoms. The summed E-state index contributed by atoms with van der Waals surface area (Å²) in [5.74, 6) is -0.820. The summed E-state index contributed by atoms with van der Waals surface area (Å²) in [6.07, 6.45) is -4.05. The Labute approximate surface area is 113 Å². The molecule has 2 aromatic rings. The highest BCUT2D eigenvalue weighted by Gasteiger charge is 2.52. The van der Waals surface area contributed by atoms with E-state index in [-0.39, 0.29) is 12.4 Å². The van der Waals surface area contributed by atoms with Gasteiger partial charge in [0.2, 0.25) is 0 Å². The number of hydrogen-bond donors (Lipinski definition) is 1. The Morgan fingerprint density at radius 1 is 1.30 bits per heavy atom. The van der Waals surface area contributed by atoms with Crippen LogP contribution >= 0.6 is 0 Å². The fourth-order valence-corrected chi connectivity index (χ4v) is 2.07. The predicted molar refractivity (Wildman–Crippen MR) is 67.6 cm³/mol. The van der Waals surface area contributed by atoms with Crippen molar-refractivity contribution in [1.29, 1.82) is 0 Å². The quantitative estimate of drug-likeness (QED) is 0.881. The van der Waals surface area contributed by atoms with Gasteiger partial charge in [0, 0.05) is 6.54 Å². The van der Waals surface area contributed by atoms with Crippen LogP contribution in [0, 0.1) is 5.82 Å². The number of nitrogens with zero attached hydrogens (tertiary/aromatic N) is 2. The maximum atomic E-state index is 13.3. The molecule has 1 aromatic carbocycles. The summed E-state index contributed by atoms with van der Waals surface area (Å²) in [7, 11) is 0. The number of alkyl halides is 3. The number of nitrogens with two attached hydrogens (primary N) is 1. The maximum absolute atomic E-state index is 13.3. The fourth-order valence-electron chi connectivity index (χ4n) is 2.07. The van der Waals surface area contributed by atoms with Gasteiger partial charge in [-0.1, -0.05) is 6.92 Å². The van der Waals surface area contributed by atoms with Crippen molar-refractivity contribution in [2.75, 3.05) is 0 Å². The molecule has 3 nitrogen and oxygen atoms in total. The Morgan fingerprint density at radius 3 is 2.50 bits per heavy atom. The minimum Gasteiger partial charge on any atom is -0.326 e. The van der Waals surface area contributed by atoms with Crippen molar-refractivity contribution in [1.82, 2.24) is 9.55 Å². The van der Waals surface area contributed by atoms with Crippen molar-refractivity contribution in [2.24, 2.45) is 5.73 Å². The first-order chi connectivity index (χ1) is 9.18. The molecule has 0 saturated carbocycles. The average molecular weight is 289 g/mol. The summed E-state index contributed by atoms with van der Waals surface area (Å²) < 4.78 is 53.9. The molecule has 1 aromatic heterocycles. The summed E-state index contributed by atoms with van der Waals surface area (Å²) in [6.45, 7) is 2.98. The molecule has 1 heterocycles. The Balaban J connectivity index is 2.73. The lowest BCUT2D eigenvalue weighted by atomic mass is 10.0. The zero-order chi connectivity index (χ0) is 15.1. The van der Waals surface area contributed by atoms with E-state index >= 15 is 0 Å². The van der Waals surface area contributed by atoms with Crippen LogP contribution in [-0.4, -0.2) is 15.7 Å². The van der Waals surface area contributed by atoms with Crippen molar-refractivity contribution in [3.05, 3.63) is 29.8 Å². The molecule has 0 bridgehead atoms. The standard InChI is InChI=1S/C13H15F4N3/c1-3-6-20-10-7-8(14)4-5-9(10)19-11(20)12(2,18)13(15,16)17/h4-5,7H,3,6,18H2,1-2H3. The number of halogens is 4. The molecule has 0 amide bonds. The topological polar surface area (TPSA) is 43.8 Å². The van der Waals surface area contributed by atoms with E-state index in [9.17, 15) is 17.6 Å². The molecule has 0 radical (unpaired) electrons. The second kappa shape index (κ2) is 4.73. The zero-order valence-electron chi connectivity index (χ0n) is 11.1. The van der Waals surface area contributed by atoms with Crippen LogP contribution in [0.2, 0.25) is 0 Å². The molecule has 0 aliphatic rings. The third-order valence-corrected chi connectivity index (χ3v) is 3.21. The highest BCUT2D eigenvalue weighted by Crippen LogP contribution is 2.37. The second-order valence-corrected chi connectivity index (χ2v) is 4.92. The molecular formula is C13H15F4N3. The molecule has 0 aliphatic carbocycles. The number of benzene rings is 1. The minimum atomic E-state index is -4.64. The Kier molecular flexibility index (Phi) is 3.49. The van der Waals surface area contributed by atoms with E-state index in [1.165, 1.54) is 16.7 Å². The van der Waals surface area contributed by atoms with E-state index in [0.717, 1.165) is 13.0 Å². The maximum Gasteiger partial charge on any atom is 0.413 e. The van der Waals surface area contributed by atoms with Gasteiger partial charge >= 0.3 is 6.18 Å². The SMILES string of the molecule is CCCn1c(C(C)(N)C(F)(F)F)nc2ccc(F)cc21. The van der Waals surface area contributed by atoms with Crippen LogP contribution in [0.25, 0.3) is 11.0 Å². The van der Waals surface area contributed by atoms with Gasteiger partial charge in [0.1, 0.15) is 11.6 Å². The molecule has 1 unspecified atom stereocenters. The third-order valence-electron chi connectivity index (χ3n) is 3.21. The lowest BCUT2D eigenvalue weighted by Gasteiger charge is -2.27. The van der Waals surface area contributed by atoms with Crippen LogP contribution < -0.4 is 5.73 Å². The lowest BCUT2D eigenvalue weighted by Crippen LogP contribution is -2.49. The van der Waals surface area contributed by atoms with Gasteiger partial charge in [-0.15, -0.1) is 0 Å². The first-order valence-corrected chi connectivity index (χ1v) is 6.20. The lowest BCUT2D eigenvalue weighted by molar-refractivity contribution is -0.186. The molecule has 20 heavy (non-hydrogen) atoms. The summed E-state index contributed by atoms with van der Waals surface area (Å²) in [5, 5.41) is 0. The van der Waals surface area contributed by atoms with E-state index in [1.54, 1.807) is 0 Å². The van der Waals surface area contributed by atoms with Gasteiger partial charge in [-0.25, -0.2) is 9.37 Å². The minimum absolute atomic E-state index is 0.290. The van der Waals surface area contributed by atoms with Crippen molar-refractivity contribution in [3.63, 3.8) is 0 Å². The normalized spacial score (nSPS) is 15.6. The van der Waals surface area contributed by atoms with Crippen LogP contribution in [0.15, 0.2) is 18.2 Å². The first-order valence-electron chi connectivity index (χ1n) is 6.20. The number of imidazole rings is 1. The largest absolute Gasteiger partial charge is 0.413 e. The molecule has 0 spiro atoms. The van der Waals surface area contributed by atoms with Crippen LogP contribution in [0.4, 0.5) is 17.6 Å². The van der Waals surface area contributed by atoms with Gasteiger partial charge in [-0.05, 0) is 31.5 Å². The summed E-state index contributed by atoms with van der Waals surface area (Å²) >= 11 is 0. The first kappa shape index (κ1) is 14.8. The Hall–Kier alpha value is -1.63. The summed E-state index contributed by atoms with van der Waals surface area (Å²) in [4.78, 5) is 3.96. The van der Waals surface area contributed by atoms with Gasteiger partial charge in [0.15, 0.2) is 5.54 Å². The summed E-state index contributed by atoms with van der Waals surface area (Å²) in [6, 6.07) is 3.69. The van der Waals surface area contributed by atoms with Crippen LogP contribution in [0.5, 0.6) is 0 Å². The Morgan fingerprint density at radius 2 is 1.95 bits per heavy atom. The molecule has 2 N–H and O–H groups in total. The van der Waals surface area contributed by atoms with Gasteiger partial charge in [0.05, 0.1) is 11.0 Å². The number of aryl methyl sites for hydroxylation is 1. The molecule has 1 atom stereocenters. The monoisotopic (exact) mass is 289 g/mol.